The summed E-state index contributed by atoms with van der Waals surface area (Å²) < 4.78 is -1.78. The van der Waals surface area contributed by atoms with Crippen LogP contribution in [0.25, 0.3) is 6.08 Å². The van der Waals surface area contributed by atoms with Gasteiger partial charge in [0.2, 0.25) is 9.70 Å². The number of rotatable bonds is 5. The van der Waals surface area contributed by atoms with Crippen LogP contribution in [0.2, 0.25) is 0 Å². The van der Waals surface area contributed by atoms with Gasteiger partial charge in [-0.15, -0.1) is 0 Å². The number of likely N-dealkylation sites (tertiary alicyclic amines) is 1. The number of hydrogen-bond acceptors (Lipinski definition) is 3. The molecule has 1 saturated heterocycles. The Balaban J connectivity index is 1.58. The third kappa shape index (κ3) is 7.22. The molecule has 9 heteroatoms. The lowest BCUT2D eigenvalue weighted by Crippen LogP contribution is -2.61. The second-order valence-corrected chi connectivity index (χ2v) is 11.0. The molecule has 1 heterocycles. The van der Waals surface area contributed by atoms with Crippen LogP contribution in [0.15, 0.2) is 36.4 Å². The molecule has 1 aromatic carbocycles. The monoisotopic (exact) mass is 502 g/mol. The number of benzene rings is 1. The van der Waals surface area contributed by atoms with Crippen LogP contribution in [0.5, 0.6) is 0 Å². The fraction of sp³-hybridized carbons (Fsp3) is 0.545. The van der Waals surface area contributed by atoms with Crippen LogP contribution in [-0.2, 0) is 4.79 Å². The molecule has 0 bridgehead atoms. The molecule has 5 nitrogen and oxygen atoms in total. The van der Waals surface area contributed by atoms with Gasteiger partial charge in [-0.2, -0.15) is 0 Å². The van der Waals surface area contributed by atoms with Gasteiger partial charge in [-0.3, -0.25) is 4.79 Å². The number of halogens is 3. The van der Waals surface area contributed by atoms with E-state index in [0.717, 1.165) is 18.5 Å². The Bertz CT molecular complexity index is 787. The second-order valence-electron chi connectivity index (χ2n) is 8.24. The number of hydrogen-bond donors (Lipinski definition) is 3. The Hall–Kier alpha value is -1.05. The minimum Gasteiger partial charge on any atom is -0.360 e. The van der Waals surface area contributed by atoms with E-state index in [2.05, 4.69) is 27.9 Å². The standard InChI is InChI=1S/C22H29Cl3N4OS/c1-29-14-13-17(16-9-5-6-10-18(16)29)26-21(31)28-20(22(23,24)25)27-19(30)12-11-15-7-3-2-4-8-15/h2-4,7-8,11-12,16-18,20H,5-6,9-10,13-14H2,1H3,(H,27,30)(H2,26,28,31)/b12-11+. The highest BCUT2D eigenvalue weighted by molar-refractivity contribution is 7.80. The van der Waals surface area contributed by atoms with E-state index in [1.807, 2.05) is 30.3 Å². The van der Waals surface area contributed by atoms with Crippen LogP contribution in [-0.4, -0.2) is 51.6 Å². The molecule has 2 fully saturated rings. The fourth-order valence-corrected chi connectivity index (χ4v) is 5.12. The van der Waals surface area contributed by atoms with Gasteiger partial charge in [0, 0.05) is 24.7 Å². The summed E-state index contributed by atoms with van der Waals surface area (Å²) in [6, 6.07) is 10.3. The van der Waals surface area contributed by atoms with Crippen molar-refractivity contribution in [3.05, 3.63) is 42.0 Å². The molecule has 3 N–H and O–H groups in total. The van der Waals surface area contributed by atoms with Crippen LogP contribution in [0.3, 0.4) is 0 Å². The van der Waals surface area contributed by atoms with Gasteiger partial charge >= 0.3 is 0 Å². The number of nitrogens with zero attached hydrogens (tertiary/aromatic N) is 1. The van der Waals surface area contributed by atoms with Crippen LogP contribution in [0.1, 0.15) is 37.7 Å². The molecule has 3 rings (SSSR count). The lowest BCUT2D eigenvalue weighted by atomic mass is 9.75. The van der Waals surface area contributed by atoms with Crippen molar-refractivity contribution in [2.45, 2.75) is 54.1 Å². The summed E-state index contributed by atoms with van der Waals surface area (Å²) in [5.74, 6) is 0.156. The molecule has 0 radical (unpaired) electrons. The van der Waals surface area contributed by atoms with E-state index in [1.165, 1.54) is 31.8 Å². The number of carbonyl (C=O) groups excluding carboxylic acids is 1. The van der Waals surface area contributed by atoms with E-state index in [1.54, 1.807) is 6.08 Å². The molecular formula is C22H29Cl3N4OS. The highest BCUT2D eigenvalue weighted by Gasteiger charge is 2.39. The van der Waals surface area contributed by atoms with Gasteiger partial charge in [-0.05, 0) is 56.1 Å². The van der Waals surface area contributed by atoms with Crippen LogP contribution < -0.4 is 16.0 Å². The topological polar surface area (TPSA) is 56.4 Å². The van der Waals surface area contributed by atoms with Gasteiger partial charge in [0.05, 0.1) is 0 Å². The van der Waals surface area contributed by atoms with Gasteiger partial charge in [0.25, 0.3) is 0 Å². The number of alkyl halides is 3. The summed E-state index contributed by atoms with van der Waals surface area (Å²) in [6.07, 6.45) is 8.06. The SMILES string of the molecule is CN1CCC(NC(=S)NC(NC(=O)/C=C/c2ccccc2)C(Cl)(Cl)Cl)C2CCCCC21. The van der Waals surface area contributed by atoms with Crippen molar-refractivity contribution in [2.24, 2.45) is 5.92 Å². The van der Waals surface area contributed by atoms with E-state index >= 15 is 0 Å². The Morgan fingerprint density at radius 2 is 1.87 bits per heavy atom. The minimum absolute atomic E-state index is 0.270. The molecule has 4 unspecified atom stereocenters. The minimum atomic E-state index is -1.78. The van der Waals surface area contributed by atoms with Gasteiger partial charge in [0.15, 0.2) is 5.11 Å². The van der Waals surface area contributed by atoms with Crippen molar-refractivity contribution in [1.82, 2.24) is 20.9 Å². The Kier molecular flexibility index (Phi) is 8.88. The molecule has 1 aliphatic heterocycles. The van der Waals surface area contributed by atoms with Gasteiger partial charge in [-0.25, -0.2) is 0 Å². The highest BCUT2D eigenvalue weighted by Crippen LogP contribution is 2.35. The average molecular weight is 504 g/mol. The van der Waals surface area contributed by atoms with Crippen molar-refractivity contribution >= 4 is 64.1 Å². The summed E-state index contributed by atoms with van der Waals surface area (Å²) in [6.45, 7) is 1.02. The third-order valence-corrected chi connectivity index (χ3v) is 6.98. The lowest BCUT2D eigenvalue weighted by molar-refractivity contribution is -0.117. The molecule has 1 saturated carbocycles. The summed E-state index contributed by atoms with van der Waals surface area (Å²) in [5, 5.41) is 9.47. The van der Waals surface area contributed by atoms with Crippen molar-refractivity contribution in [3.8, 4) is 0 Å². The zero-order valence-electron chi connectivity index (χ0n) is 17.5. The van der Waals surface area contributed by atoms with Crippen molar-refractivity contribution in [2.75, 3.05) is 13.6 Å². The van der Waals surface area contributed by atoms with E-state index in [0.29, 0.717) is 17.1 Å². The lowest BCUT2D eigenvalue weighted by Gasteiger charge is -2.47. The summed E-state index contributed by atoms with van der Waals surface area (Å²) in [7, 11) is 2.20. The summed E-state index contributed by atoms with van der Waals surface area (Å²) in [5.41, 5.74) is 0.900. The van der Waals surface area contributed by atoms with Gasteiger partial charge < -0.3 is 20.9 Å². The molecule has 31 heavy (non-hydrogen) atoms. The number of fused-ring (bicyclic) bond motifs is 1. The first-order valence-corrected chi connectivity index (χ1v) is 12.2. The molecule has 2 aliphatic rings. The quantitative estimate of drug-likeness (QED) is 0.243. The number of piperidine rings is 1. The third-order valence-electron chi connectivity index (χ3n) is 6.09. The van der Waals surface area contributed by atoms with Crippen molar-refractivity contribution in [3.63, 3.8) is 0 Å². The number of thiocarbonyl (C=S) groups is 1. The zero-order chi connectivity index (χ0) is 22.4. The number of nitrogens with one attached hydrogen (secondary N) is 3. The predicted octanol–water partition coefficient (Wildman–Crippen LogP) is 4.24. The van der Waals surface area contributed by atoms with E-state index in [9.17, 15) is 4.79 Å². The number of amides is 1. The van der Waals surface area contributed by atoms with E-state index in [-0.39, 0.29) is 11.9 Å². The largest absolute Gasteiger partial charge is 0.360 e. The molecule has 170 valence electrons. The predicted molar refractivity (Wildman–Crippen MR) is 133 cm³/mol. The first kappa shape index (κ1) is 24.6. The maximum atomic E-state index is 12.4. The smallest absolute Gasteiger partial charge is 0.245 e. The van der Waals surface area contributed by atoms with E-state index in [4.69, 9.17) is 47.0 Å². The van der Waals surface area contributed by atoms with Crippen molar-refractivity contribution in [1.29, 1.82) is 0 Å². The molecule has 1 aliphatic carbocycles. The Labute approximate surface area is 204 Å². The fourth-order valence-electron chi connectivity index (χ4n) is 4.53. The maximum absolute atomic E-state index is 12.4. The molecule has 1 aromatic rings. The summed E-state index contributed by atoms with van der Waals surface area (Å²) >= 11 is 23.9. The van der Waals surface area contributed by atoms with Crippen LogP contribution in [0, 0.1) is 5.92 Å². The van der Waals surface area contributed by atoms with Gasteiger partial charge in [-0.1, -0.05) is 78.0 Å². The molecule has 4 atom stereocenters. The van der Waals surface area contributed by atoms with Crippen LogP contribution in [0.4, 0.5) is 0 Å². The molecular weight excluding hydrogens is 475 g/mol. The molecule has 0 aromatic heterocycles. The normalized spacial score (nSPS) is 25.5. The second kappa shape index (κ2) is 11.2. The summed E-state index contributed by atoms with van der Waals surface area (Å²) in [4.78, 5) is 14.8. The maximum Gasteiger partial charge on any atom is 0.245 e. The van der Waals surface area contributed by atoms with E-state index < -0.39 is 9.96 Å². The molecule has 0 spiro atoms. The Morgan fingerprint density at radius 1 is 1.16 bits per heavy atom. The van der Waals surface area contributed by atoms with Gasteiger partial charge in [0.1, 0.15) is 6.17 Å². The first-order chi connectivity index (χ1) is 14.7. The van der Waals surface area contributed by atoms with Crippen molar-refractivity contribution < 1.29 is 4.79 Å². The average Bonchev–Trinajstić information content (AvgIpc) is 2.74. The Morgan fingerprint density at radius 3 is 2.58 bits per heavy atom. The first-order valence-electron chi connectivity index (χ1n) is 10.6. The molecule has 1 amide bonds. The number of carbonyl (C=O) groups is 1. The highest BCUT2D eigenvalue weighted by atomic mass is 35.6. The van der Waals surface area contributed by atoms with Crippen LogP contribution >= 0.6 is 47.0 Å². The zero-order valence-corrected chi connectivity index (χ0v) is 20.6.